The summed E-state index contributed by atoms with van der Waals surface area (Å²) < 4.78 is 2.31. The fourth-order valence-corrected chi connectivity index (χ4v) is 3.04. The molecule has 0 saturated carbocycles. The van der Waals surface area contributed by atoms with E-state index >= 15 is 0 Å². The van der Waals surface area contributed by atoms with E-state index in [2.05, 4.69) is 19.7 Å². The normalized spacial score (nSPS) is 25.1. The summed E-state index contributed by atoms with van der Waals surface area (Å²) in [5.74, 6) is 2.31. The van der Waals surface area contributed by atoms with Gasteiger partial charge in [-0.3, -0.25) is 4.90 Å². The van der Waals surface area contributed by atoms with Crippen molar-refractivity contribution in [1.29, 1.82) is 0 Å². The summed E-state index contributed by atoms with van der Waals surface area (Å²) in [6.45, 7) is 3.94. The Kier molecular flexibility index (Phi) is 3.11. The van der Waals surface area contributed by atoms with Gasteiger partial charge in [0.15, 0.2) is 0 Å². The molecule has 1 unspecified atom stereocenters. The van der Waals surface area contributed by atoms with Crippen molar-refractivity contribution in [1.82, 2.24) is 19.7 Å². The number of rotatable bonds is 3. The van der Waals surface area contributed by atoms with Gasteiger partial charge in [-0.2, -0.15) is 0 Å². The fourth-order valence-electron chi connectivity index (χ4n) is 3.04. The number of nitrogens with zero attached hydrogens (tertiary/aromatic N) is 4. The summed E-state index contributed by atoms with van der Waals surface area (Å²) in [7, 11) is 0. The number of hydrogen-bond donors (Lipinski definition) is 1. The number of fused-ring (bicyclic) bond motifs is 1. The molecule has 0 aromatic carbocycles. The second-order valence-electron chi connectivity index (χ2n) is 5.14. The van der Waals surface area contributed by atoms with Crippen LogP contribution < -0.4 is 5.73 Å². The Bertz CT molecular complexity index is 386. The molecule has 1 fully saturated rings. The summed E-state index contributed by atoms with van der Waals surface area (Å²) in [6.07, 6.45) is 6.11. The van der Waals surface area contributed by atoms with Crippen molar-refractivity contribution in [3.63, 3.8) is 0 Å². The van der Waals surface area contributed by atoms with E-state index in [1.165, 1.54) is 31.5 Å². The Morgan fingerprint density at radius 1 is 1.18 bits per heavy atom. The Morgan fingerprint density at radius 2 is 2.12 bits per heavy atom. The third-order valence-corrected chi connectivity index (χ3v) is 4.05. The van der Waals surface area contributed by atoms with E-state index in [4.69, 9.17) is 5.73 Å². The zero-order valence-corrected chi connectivity index (χ0v) is 10.3. The Morgan fingerprint density at radius 3 is 3.00 bits per heavy atom. The van der Waals surface area contributed by atoms with E-state index in [0.29, 0.717) is 6.04 Å². The van der Waals surface area contributed by atoms with Gasteiger partial charge in [-0.25, -0.2) is 0 Å². The molecular weight excluding hydrogens is 214 g/mol. The van der Waals surface area contributed by atoms with Gasteiger partial charge in [0, 0.05) is 25.6 Å². The van der Waals surface area contributed by atoms with E-state index in [0.717, 1.165) is 38.4 Å². The number of aryl methyl sites for hydroxylation is 1. The van der Waals surface area contributed by atoms with Crippen LogP contribution in [0.2, 0.25) is 0 Å². The monoisotopic (exact) mass is 235 g/mol. The van der Waals surface area contributed by atoms with Crippen LogP contribution >= 0.6 is 0 Å². The molecule has 0 bridgehead atoms. The standard InChI is InChI=1S/C12H21N5/c13-8-10-4-3-6-16(10)9-12-15-14-11-5-1-2-7-17(11)12/h10H,1-9,13H2. The smallest absolute Gasteiger partial charge is 0.147 e. The van der Waals surface area contributed by atoms with Gasteiger partial charge in [0.25, 0.3) is 0 Å². The van der Waals surface area contributed by atoms with Gasteiger partial charge in [0.05, 0.1) is 6.54 Å². The average molecular weight is 235 g/mol. The van der Waals surface area contributed by atoms with Crippen LogP contribution in [0.3, 0.4) is 0 Å². The molecule has 1 aromatic rings. The summed E-state index contributed by atoms with van der Waals surface area (Å²) >= 11 is 0. The van der Waals surface area contributed by atoms with Gasteiger partial charge in [-0.05, 0) is 32.2 Å². The molecule has 3 rings (SSSR count). The fraction of sp³-hybridized carbons (Fsp3) is 0.833. The van der Waals surface area contributed by atoms with Crippen LogP contribution in [0.15, 0.2) is 0 Å². The molecule has 0 amide bonds. The van der Waals surface area contributed by atoms with Gasteiger partial charge < -0.3 is 10.3 Å². The largest absolute Gasteiger partial charge is 0.329 e. The Hall–Kier alpha value is -0.940. The molecule has 0 spiro atoms. The second kappa shape index (κ2) is 4.74. The number of hydrogen-bond acceptors (Lipinski definition) is 4. The molecule has 2 aliphatic heterocycles. The van der Waals surface area contributed by atoms with Gasteiger partial charge >= 0.3 is 0 Å². The summed E-state index contributed by atoms with van der Waals surface area (Å²) in [5.41, 5.74) is 5.81. The first-order chi connectivity index (χ1) is 8.38. The average Bonchev–Trinajstić information content (AvgIpc) is 2.97. The highest BCUT2D eigenvalue weighted by molar-refractivity contribution is 4.99. The first kappa shape index (κ1) is 11.2. The van der Waals surface area contributed by atoms with Crippen molar-refractivity contribution in [2.45, 2.75) is 51.2 Å². The minimum Gasteiger partial charge on any atom is -0.329 e. The van der Waals surface area contributed by atoms with Crippen LogP contribution in [0.1, 0.15) is 37.3 Å². The molecule has 1 atom stereocenters. The lowest BCUT2D eigenvalue weighted by molar-refractivity contribution is 0.239. The summed E-state index contributed by atoms with van der Waals surface area (Å²) in [6, 6.07) is 0.548. The highest BCUT2D eigenvalue weighted by Gasteiger charge is 2.25. The SMILES string of the molecule is NCC1CCCN1Cc1nnc2n1CCCC2. The Labute approximate surface area is 102 Å². The predicted molar refractivity (Wildman–Crippen MR) is 65.4 cm³/mol. The molecule has 17 heavy (non-hydrogen) atoms. The van der Waals surface area contributed by atoms with E-state index < -0.39 is 0 Å². The molecule has 2 N–H and O–H groups in total. The Balaban J connectivity index is 1.74. The maximum absolute atomic E-state index is 5.81. The molecule has 1 aromatic heterocycles. The molecule has 0 aliphatic carbocycles. The van der Waals surface area contributed by atoms with Crippen LogP contribution in [0.5, 0.6) is 0 Å². The van der Waals surface area contributed by atoms with E-state index in [-0.39, 0.29) is 0 Å². The maximum Gasteiger partial charge on any atom is 0.147 e. The highest BCUT2D eigenvalue weighted by atomic mass is 15.3. The van der Waals surface area contributed by atoms with Crippen molar-refractivity contribution in [2.75, 3.05) is 13.1 Å². The predicted octanol–water partition coefficient (Wildman–Crippen LogP) is 0.537. The number of nitrogens with two attached hydrogens (primary N) is 1. The zero-order valence-electron chi connectivity index (χ0n) is 10.3. The molecule has 5 nitrogen and oxygen atoms in total. The van der Waals surface area contributed by atoms with Crippen molar-refractivity contribution < 1.29 is 0 Å². The van der Waals surface area contributed by atoms with Gasteiger partial charge in [-0.1, -0.05) is 0 Å². The van der Waals surface area contributed by atoms with Crippen molar-refractivity contribution in [3.05, 3.63) is 11.6 Å². The van der Waals surface area contributed by atoms with Crippen LogP contribution in [0, 0.1) is 0 Å². The number of aromatic nitrogens is 3. The van der Waals surface area contributed by atoms with Crippen LogP contribution in [0.4, 0.5) is 0 Å². The minimum atomic E-state index is 0.548. The first-order valence-corrected chi connectivity index (χ1v) is 6.73. The van der Waals surface area contributed by atoms with E-state index in [1.54, 1.807) is 0 Å². The lowest BCUT2D eigenvalue weighted by Crippen LogP contribution is -2.35. The third-order valence-electron chi connectivity index (χ3n) is 4.05. The van der Waals surface area contributed by atoms with E-state index in [1.807, 2.05) is 0 Å². The summed E-state index contributed by atoms with van der Waals surface area (Å²) in [5, 5.41) is 8.67. The highest BCUT2D eigenvalue weighted by Crippen LogP contribution is 2.20. The molecule has 0 radical (unpaired) electrons. The third kappa shape index (κ3) is 2.09. The lowest BCUT2D eigenvalue weighted by atomic mass is 10.1. The topological polar surface area (TPSA) is 60.0 Å². The zero-order chi connectivity index (χ0) is 11.7. The van der Waals surface area contributed by atoms with Gasteiger partial charge in [0.1, 0.15) is 11.6 Å². The summed E-state index contributed by atoms with van der Waals surface area (Å²) in [4.78, 5) is 2.46. The van der Waals surface area contributed by atoms with Crippen LogP contribution in [-0.2, 0) is 19.5 Å². The van der Waals surface area contributed by atoms with Crippen molar-refractivity contribution >= 4 is 0 Å². The minimum absolute atomic E-state index is 0.548. The van der Waals surface area contributed by atoms with Gasteiger partial charge in [-0.15, -0.1) is 10.2 Å². The van der Waals surface area contributed by atoms with Crippen molar-refractivity contribution in [3.8, 4) is 0 Å². The molecule has 1 saturated heterocycles. The molecule has 5 heteroatoms. The number of likely N-dealkylation sites (tertiary alicyclic amines) is 1. The molecular formula is C12H21N5. The second-order valence-corrected chi connectivity index (χ2v) is 5.14. The lowest BCUT2D eigenvalue weighted by Gasteiger charge is -2.23. The molecule has 3 heterocycles. The molecule has 94 valence electrons. The van der Waals surface area contributed by atoms with Crippen LogP contribution in [-0.4, -0.2) is 38.8 Å². The maximum atomic E-state index is 5.81. The first-order valence-electron chi connectivity index (χ1n) is 6.73. The van der Waals surface area contributed by atoms with Gasteiger partial charge in [0.2, 0.25) is 0 Å². The van der Waals surface area contributed by atoms with Crippen LogP contribution in [0.25, 0.3) is 0 Å². The molecule has 2 aliphatic rings. The van der Waals surface area contributed by atoms with E-state index in [9.17, 15) is 0 Å². The quantitative estimate of drug-likeness (QED) is 0.830. The van der Waals surface area contributed by atoms with Crippen molar-refractivity contribution in [2.24, 2.45) is 5.73 Å².